The van der Waals surface area contributed by atoms with Gasteiger partial charge in [-0.15, -0.1) is 0 Å². The van der Waals surface area contributed by atoms with Gasteiger partial charge in [0.2, 0.25) is 11.8 Å². The first-order chi connectivity index (χ1) is 19.5. The first-order valence-corrected chi connectivity index (χ1v) is 15.3. The molecule has 0 spiro atoms. The van der Waals surface area contributed by atoms with E-state index in [4.69, 9.17) is 16.3 Å². The topological polar surface area (TPSA) is 96.0 Å². The summed E-state index contributed by atoms with van der Waals surface area (Å²) in [7, 11) is -2.72. The zero-order valence-corrected chi connectivity index (χ0v) is 25.7. The van der Waals surface area contributed by atoms with Crippen LogP contribution in [0.4, 0.5) is 5.69 Å². The first-order valence-electron chi connectivity index (χ1n) is 13.5. The van der Waals surface area contributed by atoms with Crippen LogP contribution in [0.15, 0.2) is 77.7 Å². The Morgan fingerprint density at radius 2 is 1.68 bits per heavy atom. The maximum Gasteiger partial charge on any atom is 0.264 e. The van der Waals surface area contributed by atoms with Crippen LogP contribution in [0.2, 0.25) is 5.02 Å². The van der Waals surface area contributed by atoms with E-state index in [0.29, 0.717) is 23.7 Å². The van der Waals surface area contributed by atoms with Gasteiger partial charge in [-0.05, 0) is 72.9 Å². The van der Waals surface area contributed by atoms with Crippen LogP contribution in [0.25, 0.3) is 0 Å². The zero-order valence-electron chi connectivity index (χ0n) is 24.1. The summed E-state index contributed by atoms with van der Waals surface area (Å²) in [5, 5.41) is 3.25. The number of hydrogen-bond acceptors (Lipinski definition) is 5. The molecular weight excluding hydrogens is 562 g/mol. The largest absolute Gasteiger partial charge is 0.497 e. The van der Waals surface area contributed by atoms with Gasteiger partial charge < -0.3 is 15.0 Å². The Kier molecular flexibility index (Phi) is 11.2. The second-order valence-electron chi connectivity index (χ2n) is 10.2. The summed E-state index contributed by atoms with van der Waals surface area (Å²) in [5.74, 6) is -0.0748. The minimum absolute atomic E-state index is 0.0155. The fourth-order valence-corrected chi connectivity index (χ4v) is 5.94. The molecular formula is C31H38ClN3O5S. The molecule has 0 aliphatic heterocycles. The average Bonchev–Trinajstić information content (AvgIpc) is 2.95. The van der Waals surface area contributed by atoms with Gasteiger partial charge in [-0.3, -0.25) is 13.9 Å². The number of nitrogens with one attached hydrogen (secondary N) is 1. The minimum atomic E-state index is -4.21. The second kappa shape index (κ2) is 14.4. The molecule has 2 amide bonds. The van der Waals surface area contributed by atoms with Crippen molar-refractivity contribution in [2.75, 3.05) is 24.5 Å². The average molecular weight is 600 g/mol. The predicted molar refractivity (Wildman–Crippen MR) is 163 cm³/mol. The lowest BCUT2D eigenvalue weighted by Crippen LogP contribution is -2.52. The molecule has 3 aromatic carbocycles. The van der Waals surface area contributed by atoms with Gasteiger partial charge in [0.25, 0.3) is 10.0 Å². The van der Waals surface area contributed by atoms with Gasteiger partial charge in [-0.25, -0.2) is 8.42 Å². The van der Waals surface area contributed by atoms with Crippen LogP contribution < -0.4 is 14.4 Å². The van der Waals surface area contributed by atoms with E-state index < -0.39 is 28.5 Å². The molecule has 8 nitrogen and oxygen atoms in total. The Balaban J connectivity index is 2.06. The summed E-state index contributed by atoms with van der Waals surface area (Å²) in [6, 6.07) is 19.1. The normalized spacial score (nSPS) is 12.1. The third-order valence-corrected chi connectivity index (χ3v) is 8.72. The maximum absolute atomic E-state index is 14.1. The zero-order chi connectivity index (χ0) is 30.2. The van der Waals surface area contributed by atoms with E-state index in [-0.39, 0.29) is 29.0 Å². The predicted octanol–water partition coefficient (Wildman–Crippen LogP) is 5.43. The highest BCUT2D eigenvalue weighted by atomic mass is 35.5. The summed E-state index contributed by atoms with van der Waals surface area (Å²) in [6.45, 7) is 7.82. The number of rotatable bonds is 13. The van der Waals surface area contributed by atoms with Crippen molar-refractivity contribution in [1.29, 1.82) is 0 Å². The quantitative estimate of drug-likeness (QED) is 0.283. The van der Waals surface area contributed by atoms with Crippen LogP contribution in [0, 0.1) is 12.8 Å². The Hall–Kier alpha value is -3.56. The summed E-state index contributed by atoms with van der Waals surface area (Å²) < 4.78 is 34.1. The molecule has 0 saturated heterocycles. The van der Waals surface area contributed by atoms with Crippen LogP contribution >= 0.6 is 11.6 Å². The van der Waals surface area contributed by atoms with Gasteiger partial charge in [0.05, 0.1) is 17.7 Å². The van der Waals surface area contributed by atoms with E-state index in [0.717, 1.165) is 15.4 Å². The fourth-order valence-electron chi connectivity index (χ4n) is 4.35. The van der Waals surface area contributed by atoms with Crippen LogP contribution in [-0.2, 0) is 26.2 Å². The number of aryl methyl sites for hydroxylation is 1. The molecule has 10 heteroatoms. The van der Waals surface area contributed by atoms with Gasteiger partial charge in [-0.1, -0.05) is 62.7 Å². The maximum atomic E-state index is 14.1. The summed E-state index contributed by atoms with van der Waals surface area (Å²) >= 11 is 6.24. The first kappa shape index (κ1) is 32.0. The molecule has 0 aromatic heterocycles. The van der Waals surface area contributed by atoms with Crippen molar-refractivity contribution in [3.05, 3.63) is 88.9 Å². The molecule has 3 rings (SSSR count). The highest BCUT2D eigenvalue weighted by Gasteiger charge is 2.34. The molecule has 220 valence electrons. The van der Waals surface area contributed by atoms with Crippen molar-refractivity contribution in [1.82, 2.24) is 10.2 Å². The molecule has 0 aliphatic carbocycles. The molecule has 1 atom stereocenters. The number of nitrogens with zero attached hydrogens (tertiary/aromatic N) is 2. The number of methoxy groups -OCH3 is 1. The van der Waals surface area contributed by atoms with Gasteiger partial charge in [0.15, 0.2) is 0 Å². The van der Waals surface area contributed by atoms with E-state index in [2.05, 4.69) is 5.32 Å². The number of amides is 2. The Morgan fingerprint density at radius 3 is 2.27 bits per heavy atom. The molecule has 41 heavy (non-hydrogen) atoms. The van der Waals surface area contributed by atoms with E-state index in [1.807, 2.05) is 52.0 Å². The smallest absolute Gasteiger partial charge is 0.264 e. The minimum Gasteiger partial charge on any atom is -0.497 e. The third-order valence-electron chi connectivity index (χ3n) is 6.69. The van der Waals surface area contributed by atoms with E-state index in [1.165, 1.54) is 30.2 Å². The highest BCUT2D eigenvalue weighted by molar-refractivity contribution is 7.92. The van der Waals surface area contributed by atoms with Crippen LogP contribution in [0.1, 0.15) is 38.3 Å². The van der Waals surface area contributed by atoms with Crippen molar-refractivity contribution >= 4 is 39.1 Å². The van der Waals surface area contributed by atoms with Gasteiger partial charge >= 0.3 is 0 Å². The Bertz CT molecular complexity index is 1440. The van der Waals surface area contributed by atoms with Crippen molar-refractivity contribution < 1.29 is 22.7 Å². The molecule has 1 N–H and O–H groups in total. The van der Waals surface area contributed by atoms with Gasteiger partial charge in [0.1, 0.15) is 18.3 Å². The summed E-state index contributed by atoms with van der Waals surface area (Å²) in [4.78, 5) is 28.9. The highest BCUT2D eigenvalue weighted by Crippen LogP contribution is 2.28. The second-order valence-corrected chi connectivity index (χ2v) is 12.5. The third kappa shape index (κ3) is 8.24. The Morgan fingerprint density at radius 1 is 1.00 bits per heavy atom. The molecule has 0 bridgehead atoms. The van der Waals surface area contributed by atoms with Crippen molar-refractivity contribution in [3.63, 3.8) is 0 Å². The molecule has 0 aliphatic rings. The monoisotopic (exact) mass is 599 g/mol. The molecule has 0 fully saturated rings. The van der Waals surface area contributed by atoms with Crippen LogP contribution in [0.3, 0.4) is 0 Å². The fraction of sp³-hybridized carbons (Fsp3) is 0.355. The molecule has 0 heterocycles. The van der Waals surface area contributed by atoms with Gasteiger partial charge in [-0.2, -0.15) is 0 Å². The van der Waals surface area contributed by atoms with E-state index in [9.17, 15) is 18.0 Å². The molecule has 0 saturated carbocycles. The van der Waals surface area contributed by atoms with Gasteiger partial charge in [0, 0.05) is 18.1 Å². The number of benzene rings is 3. The number of sulfonamides is 1. The molecule has 3 aromatic rings. The molecule has 0 radical (unpaired) electrons. The lowest BCUT2D eigenvalue weighted by Gasteiger charge is -2.33. The van der Waals surface area contributed by atoms with E-state index in [1.54, 1.807) is 30.3 Å². The number of ether oxygens (including phenoxy) is 1. The Labute approximate surface area is 248 Å². The number of halogens is 1. The molecule has 1 unspecified atom stereocenters. The van der Waals surface area contributed by atoms with E-state index >= 15 is 0 Å². The number of carbonyl (C=O) groups is 2. The number of anilines is 1. The van der Waals surface area contributed by atoms with Crippen LogP contribution in [0.5, 0.6) is 5.75 Å². The van der Waals surface area contributed by atoms with Crippen molar-refractivity contribution in [3.8, 4) is 5.75 Å². The number of hydrogen-bond donors (Lipinski definition) is 1. The van der Waals surface area contributed by atoms with Crippen LogP contribution in [-0.4, -0.2) is 51.4 Å². The SMILES string of the molecule is CCC(C(=O)NCC(C)C)N(Cc1ccccc1C)C(=O)CN(c1cccc(Cl)c1)S(=O)(=O)c1ccc(OC)cc1. The van der Waals surface area contributed by atoms with Crippen molar-refractivity contribution in [2.24, 2.45) is 5.92 Å². The summed E-state index contributed by atoms with van der Waals surface area (Å²) in [5.41, 5.74) is 2.05. The van der Waals surface area contributed by atoms with Crippen molar-refractivity contribution in [2.45, 2.75) is 51.6 Å². The lowest BCUT2D eigenvalue weighted by molar-refractivity contribution is -0.140. The number of carbonyl (C=O) groups excluding carboxylic acids is 2. The summed E-state index contributed by atoms with van der Waals surface area (Å²) in [6.07, 6.45) is 0.351. The lowest BCUT2D eigenvalue weighted by atomic mass is 10.1. The standard InChI is InChI=1S/C31H38ClN3O5S/c1-6-29(31(37)33-19-22(2)3)34(20-24-11-8-7-10-23(24)4)30(36)21-35(26-13-9-12-25(32)18-26)41(38,39)28-16-14-27(40-5)15-17-28/h7-18,22,29H,6,19-21H2,1-5H3,(H,33,37).